The summed E-state index contributed by atoms with van der Waals surface area (Å²) in [6.07, 6.45) is 5.38. The van der Waals surface area contributed by atoms with Crippen molar-refractivity contribution in [2.24, 2.45) is 0 Å². The molecule has 0 radical (unpaired) electrons. The molecular weight excluding hydrogens is 274 g/mol. The van der Waals surface area contributed by atoms with Crippen molar-refractivity contribution in [3.8, 4) is 0 Å². The van der Waals surface area contributed by atoms with E-state index in [4.69, 9.17) is 5.11 Å². The number of hydrogen-bond donors (Lipinski definition) is 4. The van der Waals surface area contributed by atoms with Gasteiger partial charge in [-0.1, -0.05) is 6.07 Å². The van der Waals surface area contributed by atoms with Crippen LogP contribution in [0.4, 0.5) is 4.79 Å². The summed E-state index contributed by atoms with van der Waals surface area (Å²) in [4.78, 5) is 32.8. The number of aromatic nitrogens is 3. The molecule has 2 aromatic heterocycles. The molecule has 0 unspecified atom stereocenters. The summed E-state index contributed by atoms with van der Waals surface area (Å²) in [6, 6.07) is 2.72. The molecule has 0 aliphatic heterocycles. The summed E-state index contributed by atoms with van der Waals surface area (Å²) in [5, 5.41) is 14.1. The number of aromatic carboxylic acids is 1. The summed E-state index contributed by atoms with van der Waals surface area (Å²) >= 11 is 0. The number of nitrogens with zero attached hydrogens (tertiary/aromatic N) is 2. The number of imidazole rings is 1. The second-order valence-corrected chi connectivity index (χ2v) is 4.29. The Hall–Kier alpha value is -2.90. The molecule has 0 fully saturated rings. The van der Waals surface area contributed by atoms with Crippen molar-refractivity contribution in [3.05, 3.63) is 47.8 Å². The van der Waals surface area contributed by atoms with Gasteiger partial charge < -0.3 is 20.7 Å². The molecule has 0 aromatic carbocycles. The Morgan fingerprint density at radius 2 is 2.10 bits per heavy atom. The fourth-order valence-electron chi connectivity index (χ4n) is 1.63. The Balaban J connectivity index is 1.69. The maximum absolute atomic E-state index is 11.6. The average Bonchev–Trinajstić information content (AvgIpc) is 2.99. The Morgan fingerprint density at radius 1 is 1.24 bits per heavy atom. The molecule has 2 rings (SSSR count). The van der Waals surface area contributed by atoms with E-state index in [0.29, 0.717) is 13.0 Å². The van der Waals surface area contributed by atoms with Crippen LogP contribution in [0.1, 0.15) is 21.7 Å². The van der Waals surface area contributed by atoms with Crippen LogP contribution < -0.4 is 10.6 Å². The smallest absolute Gasteiger partial charge is 0.354 e. The third-order valence-electron chi connectivity index (χ3n) is 2.73. The minimum atomic E-state index is -1.08. The molecule has 0 saturated carbocycles. The molecule has 0 bridgehead atoms. The molecule has 0 spiro atoms. The van der Waals surface area contributed by atoms with Crippen molar-refractivity contribution in [3.63, 3.8) is 0 Å². The zero-order valence-electron chi connectivity index (χ0n) is 11.2. The molecule has 2 heterocycles. The summed E-state index contributed by atoms with van der Waals surface area (Å²) in [7, 11) is 0. The Labute approximate surface area is 120 Å². The van der Waals surface area contributed by atoms with E-state index < -0.39 is 5.97 Å². The standard InChI is InChI=1S/C13H15N5O3/c19-12(20)11-2-1-9(5-16-11)6-17-13(21)15-4-3-10-7-14-8-18-10/h1-2,5,7-8H,3-4,6H2,(H,14,18)(H,19,20)(H2,15,17,21). The van der Waals surface area contributed by atoms with Gasteiger partial charge in [-0.25, -0.2) is 19.6 Å². The molecule has 0 saturated heterocycles. The first-order valence-electron chi connectivity index (χ1n) is 6.32. The molecule has 110 valence electrons. The first-order valence-corrected chi connectivity index (χ1v) is 6.32. The number of urea groups is 1. The van der Waals surface area contributed by atoms with Gasteiger partial charge in [-0.3, -0.25) is 0 Å². The number of rotatable bonds is 6. The van der Waals surface area contributed by atoms with Crippen molar-refractivity contribution in [2.45, 2.75) is 13.0 Å². The minimum Gasteiger partial charge on any atom is -0.477 e. The zero-order chi connectivity index (χ0) is 15.1. The molecule has 8 nitrogen and oxygen atoms in total. The molecule has 0 atom stereocenters. The summed E-state index contributed by atoms with van der Waals surface area (Å²) < 4.78 is 0. The van der Waals surface area contributed by atoms with E-state index in [1.165, 1.54) is 12.3 Å². The van der Waals surface area contributed by atoms with E-state index in [1.807, 2.05) is 0 Å². The van der Waals surface area contributed by atoms with E-state index in [-0.39, 0.29) is 18.3 Å². The number of aromatic amines is 1. The van der Waals surface area contributed by atoms with Gasteiger partial charge in [0.2, 0.25) is 0 Å². The molecule has 8 heteroatoms. The van der Waals surface area contributed by atoms with E-state index in [2.05, 4.69) is 25.6 Å². The summed E-state index contributed by atoms with van der Waals surface area (Å²) in [5.41, 5.74) is 1.65. The van der Waals surface area contributed by atoms with Crippen LogP contribution in [0.25, 0.3) is 0 Å². The lowest BCUT2D eigenvalue weighted by Crippen LogP contribution is -2.36. The predicted octanol–water partition coefficient (Wildman–Crippen LogP) is 0.545. The van der Waals surface area contributed by atoms with E-state index in [0.717, 1.165) is 11.3 Å². The van der Waals surface area contributed by atoms with Gasteiger partial charge in [0.15, 0.2) is 0 Å². The third kappa shape index (κ3) is 4.60. The van der Waals surface area contributed by atoms with Gasteiger partial charge in [0.05, 0.1) is 6.33 Å². The van der Waals surface area contributed by atoms with Crippen molar-refractivity contribution in [2.75, 3.05) is 6.54 Å². The van der Waals surface area contributed by atoms with Crippen molar-refractivity contribution < 1.29 is 14.7 Å². The van der Waals surface area contributed by atoms with E-state index in [9.17, 15) is 9.59 Å². The topological polar surface area (TPSA) is 120 Å². The Kier molecular flexibility index (Phi) is 4.86. The van der Waals surface area contributed by atoms with Crippen LogP contribution in [0.2, 0.25) is 0 Å². The van der Waals surface area contributed by atoms with Gasteiger partial charge in [0, 0.05) is 37.6 Å². The SMILES string of the molecule is O=C(NCCc1cnc[nH]1)NCc1ccc(C(=O)O)nc1. The summed E-state index contributed by atoms with van der Waals surface area (Å²) in [6.45, 7) is 0.771. The number of H-pyrrole nitrogens is 1. The second kappa shape index (κ2) is 7.04. The number of nitrogens with one attached hydrogen (secondary N) is 3. The van der Waals surface area contributed by atoms with E-state index in [1.54, 1.807) is 18.6 Å². The molecule has 0 aliphatic rings. The van der Waals surface area contributed by atoms with Gasteiger partial charge in [-0.2, -0.15) is 0 Å². The lowest BCUT2D eigenvalue weighted by atomic mass is 10.2. The number of hydrogen-bond acceptors (Lipinski definition) is 4. The van der Waals surface area contributed by atoms with Gasteiger partial charge >= 0.3 is 12.0 Å². The van der Waals surface area contributed by atoms with Gasteiger partial charge in [0.25, 0.3) is 0 Å². The lowest BCUT2D eigenvalue weighted by molar-refractivity contribution is 0.0690. The molecule has 21 heavy (non-hydrogen) atoms. The highest BCUT2D eigenvalue weighted by Crippen LogP contribution is 2.00. The zero-order valence-corrected chi connectivity index (χ0v) is 11.2. The number of carbonyl (C=O) groups is 2. The van der Waals surface area contributed by atoms with Crippen LogP contribution >= 0.6 is 0 Å². The van der Waals surface area contributed by atoms with Crippen molar-refractivity contribution >= 4 is 12.0 Å². The Bertz CT molecular complexity index is 595. The highest BCUT2D eigenvalue weighted by atomic mass is 16.4. The quantitative estimate of drug-likeness (QED) is 0.619. The molecule has 2 aromatic rings. The van der Waals surface area contributed by atoms with E-state index >= 15 is 0 Å². The van der Waals surface area contributed by atoms with Crippen LogP contribution in [-0.4, -0.2) is 38.6 Å². The number of carbonyl (C=O) groups excluding carboxylic acids is 1. The average molecular weight is 289 g/mol. The third-order valence-corrected chi connectivity index (χ3v) is 2.73. The number of carboxylic acids is 1. The fourth-order valence-corrected chi connectivity index (χ4v) is 1.63. The van der Waals surface area contributed by atoms with Crippen LogP contribution in [0.5, 0.6) is 0 Å². The van der Waals surface area contributed by atoms with Crippen molar-refractivity contribution in [1.82, 2.24) is 25.6 Å². The minimum absolute atomic E-state index is 0.0252. The first kappa shape index (κ1) is 14.5. The van der Waals surface area contributed by atoms with Crippen LogP contribution in [0.3, 0.4) is 0 Å². The fraction of sp³-hybridized carbons (Fsp3) is 0.231. The maximum Gasteiger partial charge on any atom is 0.354 e. The maximum atomic E-state index is 11.6. The van der Waals surface area contributed by atoms with Crippen molar-refractivity contribution in [1.29, 1.82) is 0 Å². The monoisotopic (exact) mass is 289 g/mol. The largest absolute Gasteiger partial charge is 0.477 e. The molecular formula is C13H15N5O3. The molecule has 2 amide bonds. The van der Waals surface area contributed by atoms with Crippen LogP contribution in [0.15, 0.2) is 30.9 Å². The number of pyridine rings is 1. The molecule has 0 aliphatic carbocycles. The van der Waals surface area contributed by atoms with Gasteiger partial charge in [-0.15, -0.1) is 0 Å². The lowest BCUT2D eigenvalue weighted by Gasteiger charge is -2.07. The Morgan fingerprint density at radius 3 is 2.71 bits per heavy atom. The molecule has 4 N–H and O–H groups in total. The number of carboxylic acid groups (broad SMARTS) is 1. The first-order chi connectivity index (χ1) is 10.1. The van der Waals surface area contributed by atoms with Gasteiger partial charge in [0.1, 0.15) is 5.69 Å². The van der Waals surface area contributed by atoms with Crippen LogP contribution in [-0.2, 0) is 13.0 Å². The highest BCUT2D eigenvalue weighted by Gasteiger charge is 2.05. The van der Waals surface area contributed by atoms with Gasteiger partial charge in [-0.05, 0) is 11.6 Å². The highest BCUT2D eigenvalue weighted by molar-refractivity contribution is 5.85. The normalized spacial score (nSPS) is 10.1. The van der Waals surface area contributed by atoms with Crippen LogP contribution in [0, 0.1) is 0 Å². The summed E-state index contributed by atoms with van der Waals surface area (Å²) in [5.74, 6) is -1.08. The predicted molar refractivity (Wildman–Crippen MR) is 73.7 cm³/mol. The second-order valence-electron chi connectivity index (χ2n) is 4.29. The number of amides is 2.